The van der Waals surface area contributed by atoms with Crippen LogP contribution in [0.4, 0.5) is 0 Å². The summed E-state index contributed by atoms with van der Waals surface area (Å²) in [5.41, 5.74) is 2.40. The highest BCUT2D eigenvalue weighted by Gasteiger charge is 2.09. The maximum Gasteiger partial charge on any atom is 0.349 e. The molecule has 7 nitrogen and oxygen atoms in total. The molecule has 9 heteroatoms. The number of nitrogens with zero attached hydrogens (tertiary/aromatic N) is 2. The average molecular weight is 378 g/mol. The second kappa shape index (κ2) is 8.90. The fourth-order valence-corrected chi connectivity index (χ4v) is 2.90. The van der Waals surface area contributed by atoms with Gasteiger partial charge in [0.2, 0.25) is 0 Å². The third-order valence-electron chi connectivity index (χ3n) is 2.74. The van der Waals surface area contributed by atoms with Crippen molar-refractivity contribution in [3.8, 4) is 16.3 Å². The quantitative estimate of drug-likeness (QED) is 0.668. The molecule has 3 rings (SSSR count). The van der Waals surface area contributed by atoms with E-state index >= 15 is 0 Å². The maximum absolute atomic E-state index is 10.9. The highest BCUT2D eigenvalue weighted by Crippen LogP contribution is 2.26. The SMILES string of the molecule is CCOC(=O)c1cncs1.O=C(O)c1cnc(-c2ccc(O)cc2)s1. The van der Waals surface area contributed by atoms with E-state index < -0.39 is 5.97 Å². The zero-order valence-electron chi connectivity index (χ0n) is 13.1. The molecule has 3 aromatic rings. The standard InChI is InChI=1S/C10H7NO3S.C6H7NO2S/c12-7-3-1-6(2-4-7)9-11-5-8(15-9)10(13)14;1-2-9-6(8)5-3-7-4-10-5/h1-5,12H,(H,13,14);3-4H,2H2,1H3. The minimum atomic E-state index is -0.975. The number of thiazole rings is 2. The molecule has 0 radical (unpaired) electrons. The number of phenols is 1. The summed E-state index contributed by atoms with van der Waals surface area (Å²) in [4.78, 5) is 30.0. The van der Waals surface area contributed by atoms with Gasteiger partial charge in [-0.3, -0.25) is 4.98 Å². The molecule has 0 saturated heterocycles. The highest BCUT2D eigenvalue weighted by atomic mass is 32.1. The Hall–Kier alpha value is -2.78. The van der Waals surface area contributed by atoms with Gasteiger partial charge < -0.3 is 14.9 Å². The molecule has 2 N–H and O–H groups in total. The van der Waals surface area contributed by atoms with Crippen LogP contribution in [-0.2, 0) is 4.74 Å². The van der Waals surface area contributed by atoms with Crippen LogP contribution in [0.25, 0.3) is 10.6 Å². The fraction of sp³-hybridized carbons (Fsp3) is 0.125. The van der Waals surface area contributed by atoms with Gasteiger partial charge in [-0.05, 0) is 31.2 Å². The lowest BCUT2D eigenvalue weighted by atomic mass is 10.2. The molecule has 0 fully saturated rings. The number of rotatable bonds is 4. The van der Waals surface area contributed by atoms with Gasteiger partial charge in [-0.25, -0.2) is 14.6 Å². The van der Waals surface area contributed by atoms with Gasteiger partial charge in [0.25, 0.3) is 0 Å². The van der Waals surface area contributed by atoms with E-state index in [2.05, 4.69) is 9.97 Å². The largest absolute Gasteiger partial charge is 0.508 e. The lowest BCUT2D eigenvalue weighted by Gasteiger charge is -1.95. The number of carbonyl (C=O) groups is 2. The third kappa shape index (κ3) is 5.37. The number of hydrogen-bond donors (Lipinski definition) is 2. The van der Waals surface area contributed by atoms with Gasteiger partial charge in [0, 0.05) is 5.56 Å². The smallest absolute Gasteiger partial charge is 0.349 e. The van der Waals surface area contributed by atoms with Crippen LogP contribution in [0, 0.1) is 0 Å². The normalized spacial score (nSPS) is 9.80. The second-order valence-electron chi connectivity index (χ2n) is 4.47. The summed E-state index contributed by atoms with van der Waals surface area (Å²) in [6, 6.07) is 6.47. The molecular weight excluding hydrogens is 364 g/mol. The third-order valence-corrected chi connectivity index (χ3v) is 4.53. The van der Waals surface area contributed by atoms with Gasteiger partial charge in [0.05, 0.1) is 24.5 Å². The number of hydrogen-bond acceptors (Lipinski definition) is 8. The van der Waals surface area contributed by atoms with Crippen molar-refractivity contribution in [3.63, 3.8) is 0 Å². The minimum Gasteiger partial charge on any atom is -0.508 e. The molecule has 2 aromatic heterocycles. The number of aromatic hydroxyl groups is 1. The number of esters is 1. The Morgan fingerprint density at radius 2 is 1.88 bits per heavy atom. The molecule has 0 unspecified atom stereocenters. The van der Waals surface area contributed by atoms with Crippen molar-refractivity contribution in [3.05, 3.63) is 51.9 Å². The summed E-state index contributed by atoms with van der Waals surface area (Å²) in [6.45, 7) is 2.19. The number of aromatic carboxylic acids is 1. The van der Waals surface area contributed by atoms with Crippen molar-refractivity contribution in [1.29, 1.82) is 0 Å². The number of aromatic nitrogens is 2. The van der Waals surface area contributed by atoms with Crippen molar-refractivity contribution >= 4 is 34.6 Å². The Morgan fingerprint density at radius 1 is 1.16 bits per heavy atom. The Bertz CT molecular complexity index is 829. The van der Waals surface area contributed by atoms with Gasteiger partial charge in [0.1, 0.15) is 20.5 Å². The Labute approximate surface area is 151 Å². The van der Waals surface area contributed by atoms with Crippen LogP contribution >= 0.6 is 22.7 Å². The number of carbonyl (C=O) groups excluding carboxylic acids is 1. The van der Waals surface area contributed by atoms with Gasteiger partial charge in [0.15, 0.2) is 0 Å². The molecule has 130 valence electrons. The summed E-state index contributed by atoms with van der Waals surface area (Å²) in [5, 5.41) is 18.4. The lowest BCUT2D eigenvalue weighted by Crippen LogP contribution is -2.01. The van der Waals surface area contributed by atoms with E-state index in [0.717, 1.165) is 16.9 Å². The van der Waals surface area contributed by atoms with E-state index in [0.29, 0.717) is 16.5 Å². The lowest BCUT2D eigenvalue weighted by molar-refractivity contribution is 0.0531. The number of ether oxygens (including phenoxy) is 1. The zero-order valence-corrected chi connectivity index (χ0v) is 14.7. The Morgan fingerprint density at radius 3 is 2.40 bits per heavy atom. The fourth-order valence-electron chi connectivity index (χ4n) is 1.63. The summed E-state index contributed by atoms with van der Waals surface area (Å²) in [5.74, 6) is -1.09. The van der Waals surface area contributed by atoms with Crippen LogP contribution in [0.5, 0.6) is 5.75 Å². The van der Waals surface area contributed by atoms with E-state index in [1.165, 1.54) is 35.9 Å². The molecule has 0 saturated carbocycles. The van der Waals surface area contributed by atoms with Crippen LogP contribution in [0.1, 0.15) is 26.3 Å². The minimum absolute atomic E-state index is 0.175. The predicted molar refractivity (Wildman–Crippen MR) is 94.2 cm³/mol. The highest BCUT2D eigenvalue weighted by molar-refractivity contribution is 7.16. The molecule has 0 atom stereocenters. The van der Waals surface area contributed by atoms with E-state index in [1.54, 1.807) is 24.6 Å². The second-order valence-corrected chi connectivity index (χ2v) is 6.38. The summed E-state index contributed by atoms with van der Waals surface area (Å²) in [7, 11) is 0. The summed E-state index contributed by atoms with van der Waals surface area (Å²) < 4.78 is 4.72. The molecule has 0 spiro atoms. The monoisotopic (exact) mass is 378 g/mol. The molecule has 25 heavy (non-hydrogen) atoms. The Balaban J connectivity index is 0.000000196. The molecule has 1 aromatic carbocycles. The van der Waals surface area contributed by atoms with Crippen LogP contribution in [0.15, 0.2) is 42.2 Å². The van der Waals surface area contributed by atoms with Crippen LogP contribution in [-0.4, -0.2) is 38.7 Å². The van der Waals surface area contributed by atoms with Crippen molar-refractivity contribution in [2.24, 2.45) is 0 Å². The number of carboxylic acids is 1. The number of carboxylic acid groups (broad SMARTS) is 1. The average Bonchev–Trinajstić information content (AvgIpc) is 3.28. The predicted octanol–water partition coefficient (Wildman–Crippen LogP) is 3.53. The van der Waals surface area contributed by atoms with Crippen LogP contribution in [0.3, 0.4) is 0 Å². The van der Waals surface area contributed by atoms with Gasteiger partial charge >= 0.3 is 11.9 Å². The first kappa shape index (κ1) is 18.6. The van der Waals surface area contributed by atoms with E-state index in [4.69, 9.17) is 14.9 Å². The summed E-state index contributed by atoms with van der Waals surface area (Å²) in [6.07, 6.45) is 2.83. The van der Waals surface area contributed by atoms with Crippen LogP contribution in [0.2, 0.25) is 0 Å². The molecule has 0 amide bonds. The topological polar surface area (TPSA) is 110 Å². The molecule has 0 aliphatic heterocycles. The van der Waals surface area contributed by atoms with E-state index in [-0.39, 0.29) is 16.6 Å². The van der Waals surface area contributed by atoms with E-state index in [9.17, 15) is 9.59 Å². The summed E-state index contributed by atoms with van der Waals surface area (Å²) >= 11 is 2.39. The van der Waals surface area contributed by atoms with Crippen LogP contribution < -0.4 is 0 Å². The van der Waals surface area contributed by atoms with Crippen molar-refractivity contribution in [1.82, 2.24) is 9.97 Å². The van der Waals surface area contributed by atoms with Crippen molar-refractivity contribution in [2.75, 3.05) is 6.61 Å². The Kier molecular flexibility index (Phi) is 6.61. The number of phenolic OH excluding ortho intramolecular Hbond substituents is 1. The molecule has 0 aliphatic rings. The molecular formula is C16H14N2O5S2. The zero-order chi connectivity index (χ0) is 18.2. The molecule has 0 aliphatic carbocycles. The van der Waals surface area contributed by atoms with Gasteiger partial charge in [-0.1, -0.05) is 0 Å². The van der Waals surface area contributed by atoms with Gasteiger partial charge in [-0.15, -0.1) is 22.7 Å². The molecule has 2 heterocycles. The molecule has 0 bridgehead atoms. The van der Waals surface area contributed by atoms with E-state index in [1.807, 2.05) is 0 Å². The first-order valence-electron chi connectivity index (χ1n) is 7.05. The van der Waals surface area contributed by atoms with Crippen molar-refractivity contribution < 1.29 is 24.5 Å². The van der Waals surface area contributed by atoms with Crippen molar-refractivity contribution in [2.45, 2.75) is 6.92 Å². The maximum atomic E-state index is 10.9. The van der Waals surface area contributed by atoms with Gasteiger partial charge in [-0.2, -0.15) is 0 Å². The first-order valence-corrected chi connectivity index (χ1v) is 8.75. The first-order chi connectivity index (χ1) is 12.0. The number of benzene rings is 1.